The van der Waals surface area contributed by atoms with Gasteiger partial charge in [-0.15, -0.1) is 0 Å². The van der Waals surface area contributed by atoms with E-state index in [9.17, 15) is 4.79 Å². The molecule has 2 heterocycles. The summed E-state index contributed by atoms with van der Waals surface area (Å²) in [7, 11) is 2.00. The molecule has 1 fully saturated rings. The summed E-state index contributed by atoms with van der Waals surface area (Å²) in [5.41, 5.74) is 2.18. The quantitative estimate of drug-likeness (QED) is 0.885. The average Bonchev–Trinajstić information content (AvgIpc) is 2.74. The number of nitrogens with one attached hydrogen (secondary N) is 1. The molecule has 2 aromatic rings. The first kappa shape index (κ1) is 15.6. The van der Waals surface area contributed by atoms with Crippen LogP contribution in [-0.4, -0.2) is 27.3 Å². The molecule has 6 heteroatoms. The second kappa shape index (κ2) is 6.87. The number of imidazole rings is 1. The summed E-state index contributed by atoms with van der Waals surface area (Å²) in [6.45, 7) is 0.792. The van der Waals surface area contributed by atoms with E-state index in [0.717, 1.165) is 46.7 Å². The second-order valence-electron chi connectivity index (χ2n) is 5.39. The normalized spacial score (nSPS) is 18.8. The van der Waals surface area contributed by atoms with Gasteiger partial charge >= 0.3 is 0 Å². The molecule has 1 aromatic heterocycles. The maximum Gasteiger partial charge on any atom is 0.233 e. The molecule has 0 saturated carbocycles. The first-order chi connectivity index (χ1) is 10.6. The van der Waals surface area contributed by atoms with Gasteiger partial charge in [0.1, 0.15) is 0 Å². The summed E-state index contributed by atoms with van der Waals surface area (Å²) in [6, 6.07) is 8.17. The van der Waals surface area contributed by atoms with Crippen molar-refractivity contribution >= 4 is 33.6 Å². The summed E-state index contributed by atoms with van der Waals surface area (Å²) >= 11 is 5.01. The zero-order chi connectivity index (χ0) is 15.5. The minimum absolute atomic E-state index is 0.0404. The summed E-state index contributed by atoms with van der Waals surface area (Å²) < 4.78 is 3.12. The van der Waals surface area contributed by atoms with Gasteiger partial charge in [0.25, 0.3) is 0 Å². The smallest absolute Gasteiger partial charge is 0.233 e. The lowest BCUT2D eigenvalue weighted by Gasteiger charge is -2.12. The van der Waals surface area contributed by atoms with Crippen molar-refractivity contribution in [3.8, 4) is 11.3 Å². The Hall–Kier alpha value is -1.27. The lowest BCUT2D eigenvalue weighted by molar-refractivity contribution is -0.120. The van der Waals surface area contributed by atoms with Crippen molar-refractivity contribution in [1.29, 1.82) is 0 Å². The predicted octanol–water partition coefficient (Wildman–Crippen LogP) is 3.61. The number of carbonyl (C=O) groups is 1. The van der Waals surface area contributed by atoms with E-state index in [1.807, 2.05) is 25.4 Å². The van der Waals surface area contributed by atoms with Crippen LogP contribution in [0.2, 0.25) is 0 Å². The predicted molar refractivity (Wildman–Crippen MR) is 92.8 cm³/mol. The molecule has 1 atom stereocenters. The van der Waals surface area contributed by atoms with Crippen LogP contribution in [0.1, 0.15) is 19.3 Å². The molecule has 4 nitrogen and oxygen atoms in total. The Morgan fingerprint density at radius 2 is 2.09 bits per heavy atom. The van der Waals surface area contributed by atoms with Crippen LogP contribution in [0.4, 0.5) is 0 Å². The van der Waals surface area contributed by atoms with E-state index in [1.54, 1.807) is 11.8 Å². The van der Waals surface area contributed by atoms with Gasteiger partial charge in [-0.1, -0.05) is 46.2 Å². The SMILES string of the molecule is Cn1c(-c2ccc(Br)cc2)cnc1S[C@@H]1CCCCNC1=O. The van der Waals surface area contributed by atoms with Crippen molar-refractivity contribution < 1.29 is 4.79 Å². The number of thioether (sulfide) groups is 1. The Kier molecular flexibility index (Phi) is 4.88. The van der Waals surface area contributed by atoms with Gasteiger partial charge in [-0.3, -0.25) is 4.79 Å². The third-order valence-electron chi connectivity index (χ3n) is 3.82. The largest absolute Gasteiger partial charge is 0.355 e. The van der Waals surface area contributed by atoms with Crippen molar-refractivity contribution in [1.82, 2.24) is 14.9 Å². The molecule has 22 heavy (non-hydrogen) atoms. The number of rotatable bonds is 3. The first-order valence-electron chi connectivity index (χ1n) is 7.37. The van der Waals surface area contributed by atoms with Crippen LogP contribution >= 0.6 is 27.7 Å². The number of hydrogen-bond acceptors (Lipinski definition) is 3. The number of halogens is 1. The number of amides is 1. The van der Waals surface area contributed by atoms with E-state index in [4.69, 9.17) is 0 Å². The van der Waals surface area contributed by atoms with Crippen LogP contribution in [0, 0.1) is 0 Å². The van der Waals surface area contributed by atoms with Gasteiger partial charge in [-0.05, 0) is 30.5 Å². The van der Waals surface area contributed by atoms with Gasteiger partial charge < -0.3 is 9.88 Å². The molecular weight excluding hydrogens is 362 g/mol. The highest BCUT2D eigenvalue weighted by molar-refractivity contribution is 9.10. The molecule has 1 aliphatic heterocycles. The van der Waals surface area contributed by atoms with Crippen LogP contribution < -0.4 is 5.32 Å². The Morgan fingerprint density at radius 1 is 1.32 bits per heavy atom. The number of benzene rings is 1. The Labute approximate surface area is 142 Å². The van der Waals surface area contributed by atoms with E-state index in [2.05, 4.69) is 42.9 Å². The van der Waals surface area contributed by atoms with Gasteiger partial charge in [0, 0.05) is 18.1 Å². The van der Waals surface area contributed by atoms with Crippen molar-refractivity contribution in [2.24, 2.45) is 7.05 Å². The summed E-state index contributed by atoms with van der Waals surface area (Å²) in [5.74, 6) is 0.135. The summed E-state index contributed by atoms with van der Waals surface area (Å²) in [6.07, 6.45) is 4.94. The zero-order valence-electron chi connectivity index (χ0n) is 12.4. The van der Waals surface area contributed by atoms with Crippen molar-refractivity contribution in [2.45, 2.75) is 29.7 Å². The van der Waals surface area contributed by atoms with Gasteiger partial charge in [0.05, 0.1) is 17.1 Å². The highest BCUT2D eigenvalue weighted by Crippen LogP contribution is 2.30. The van der Waals surface area contributed by atoms with Gasteiger partial charge in [0.2, 0.25) is 5.91 Å². The highest BCUT2D eigenvalue weighted by Gasteiger charge is 2.24. The molecule has 1 saturated heterocycles. The lowest BCUT2D eigenvalue weighted by Crippen LogP contribution is -2.30. The molecule has 1 aliphatic rings. The standard InChI is InChI=1S/C16H18BrN3OS/c1-20-13(11-5-7-12(17)8-6-11)10-19-16(20)22-14-4-2-3-9-18-15(14)21/h5-8,10,14H,2-4,9H2,1H3,(H,18,21)/t14-/m1/s1. The maximum absolute atomic E-state index is 12.1. The van der Waals surface area contributed by atoms with Gasteiger partial charge in [-0.2, -0.15) is 0 Å². The minimum Gasteiger partial charge on any atom is -0.355 e. The minimum atomic E-state index is -0.0404. The molecule has 0 bridgehead atoms. The molecule has 1 aromatic carbocycles. The number of hydrogen-bond donors (Lipinski definition) is 1. The molecule has 0 spiro atoms. The van der Waals surface area contributed by atoms with E-state index < -0.39 is 0 Å². The number of carbonyl (C=O) groups excluding carboxylic acids is 1. The van der Waals surface area contributed by atoms with Gasteiger partial charge in [-0.25, -0.2) is 4.98 Å². The highest BCUT2D eigenvalue weighted by atomic mass is 79.9. The molecule has 0 radical (unpaired) electrons. The van der Waals surface area contributed by atoms with Crippen molar-refractivity contribution in [2.75, 3.05) is 6.54 Å². The van der Waals surface area contributed by atoms with E-state index in [1.165, 1.54) is 0 Å². The molecule has 0 unspecified atom stereocenters. The fourth-order valence-corrected chi connectivity index (χ4v) is 3.91. The monoisotopic (exact) mass is 379 g/mol. The molecule has 3 rings (SSSR count). The summed E-state index contributed by atoms with van der Waals surface area (Å²) in [4.78, 5) is 16.6. The average molecular weight is 380 g/mol. The van der Waals surface area contributed by atoms with Crippen LogP contribution in [0.3, 0.4) is 0 Å². The van der Waals surface area contributed by atoms with Crippen molar-refractivity contribution in [3.63, 3.8) is 0 Å². The third kappa shape index (κ3) is 3.38. The van der Waals surface area contributed by atoms with Crippen molar-refractivity contribution in [3.05, 3.63) is 34.9 Å². The van der Waals surface area contributed by atoms with Crippen LogP contribution in [0.25, 0.3) is 11.3 Å². The molecule has 1 N–H and O–H groups in total. The fourth-order valence-electron chi connectivity index (χ4n) is 2.54. The van der Waals surface area contributed by atoms with Crippen LogP contribution in [0.5, 0.6) is 0 Å². The van der Waals surface area contributed by atoms with E-state index in [-0.39, 0.29) is 11.2 Å². The third-order valence-corrected chi connectivity index (χ3v) is 5.67. The van der Waals surface area contributed by atoms with E-state index in [0.29, 0.717) is 0 Å². The number of aromatic nitrogens is 2. The fraction of sp³-hybridized carbons (Fsp3) is 0.375. The molecule has 116 valence electrons. The second-order valence-corrected chi connectivity index (χ2v) is 7.47. The molecule has 0 aliphatic carbocycles. The zero-order valence-corrected chi connectivity index (χ0v) is 14.8. The Morgan fingerprint density at radius 3 is 2.86 bits per heavy atom. The maximum atomic E-state index is 12.1. The van der Waals surface area contributed by atoms with E-state index >= 15 is 0 Å². The summed E-state index contributed by atoms with van der Waals surface area (Å²) in [5, 5.41) is 3.83. The Bertz CT molecular complexity index is 669. The Balaban J connectivity index is 1.81. The van der Waals surface area contributed by atoms with Gasteiger partial charge in [0.15, 0.2) is 5.16 Å². The van der Waals surface area contributed by atoms with Crippen LogP contribution in [0.15, 0.2) is 40.1 Å². The topological polar surface area (TPSA) is 46.9 Å². The van der Waals surface area contributed by atoms with Crippen LogP contribution in [-0.2, 0) is 11.8 Å². The number of nitrogens with zero attached hydrogens (tertiary/aromatic N) is 2. The first-order valence-corrected chi connectivity index (χ1v) is 9.04. The lowest BCUT2D eigenvalue weighted by atomic mass is 10.2. The molecule has 1 amide bonds. The molecular formula is C16H18BrN3OS.